The van der Waals surface area contributed by atoms with Crippen molar-refractivity contribution in [1.82, 2.24) is 9.55 Å². The van der Waals surface area contributed by atoms with Crippen molar-refractivity contribution in [1.29, 1.82) is 0 Å². The summed E-state index contributed by atoms with van der Waals surface area (Å²) in [6.07, 6.45) is 11.7. The highest BCUT2D eigenvalue weighted by molar-refractivity contribution is 5.69. The molecule has 4 nitrogen and oxygen atoms in total. The van der Waals surface area contributed by atoms with Crippen LogP contribution in [0.15, 0.2) is 6.20 Å². The van der Waals surface area contributed by atoms with Crippen molar-refractivity contribution in [2.24, 2.45) is 35.5 Å². The molecule has 4 heteroatoms. The predicted molar refractivity (Wildman–Crippen MR) is 106 cm³/mol. The van der Waals surface area contributed by atoms with Gasteiger partial charge in [-0.1, -0.05) is 13.8 Å². The Bertz CT molecular complexity index is 667. The maximum absolute atomic E-state index is 12.3. The summed E-state index contributed by atoms with van der Waals surface area (Å²) in [7, 11) is 0. The molecule has 1 heterocycles. The zero-order valence-corrected chi connectivity index (χ0v) is 17.3. The number of hydrogen-bond donors (Lipinski definition) is 0. The minimum absolute atomic E-state index is 0.0516. The summed E-state index contributed by atoms with van der Waals surface area (Å²) in [5.41, 5.74) is 1.02. The molecule has 3 saturated carbocycles. The van der Waals surface area contributed by atoms with Crippen LogP contribution in [0.1, 0.15) is 70.3 Å². The van der Waals surface area contributed by atoms with Crippen LogP contribution < -0.4 is 0 Å². The fraction of sp³-hybridized carbons (Fsp3) is 0.826. The predicted octanol–water partition coefficient (Wildman–Crippen LogP) is 4.79. The van der Waals surface area contributed by atoms with Crippen molar-refractivity contribution in [3.63, 3.8) is 0 Å². The maximum Gasteiger partial charge on any atom is 0.307 e. The van der Waals surface area contributed by atoms with Crippen molar-refractivity contribution < 1.29 is 9.53 Å². The molecule has 6 unspecified atom stereocenters. The van der Waals surface area contributed by atoms with E-state index >= 15 is 0 Å². The summed E-state index contributed by atoms with van der Waals surface area (Å²) in [5.74, 6) is 6.37. The first kappa shape index (κ1) is 19.0. The number of carbonyl (C=O) groups is 1. The molecule has 0 aromatic carbocycles. The number of aromatic nitrogens is 2. The number of ether oxygens (including phenoxy) is 1. The van der Waals surface area contributed by atoms with E-state index < -0.39 is 0 Å². The van der Waals surface area contributed by atoms with Crippen molar-refractivity contribution in [2.75, 3.05) is 6.61 Å². The Morgan fingerprint density at radius 3 is 2.74 bits per heavy atom. The molecule has 6 atom stereocenters. The van der Waals surface area contributed by atoms with Gasteiger partial charge in [-0.2, -0.15) is 0 Å². The molecular formula is C23H36N2O2. The van der Waals surface area contributed by atoms with Crippen LogP contribution in [-0.4, -0.2) is 22.1 Å². The van der Waals surface area contributed by atoms with Crippen LogP contribution in [0.2, 0.25) is 0 Å². The Labute approximate surface area is 164 Å². The molecule has 0 spiro atoms. The van der Waals surface area contributed by atoms with Crippen molar-refractivity contribution in [3.05, 3.63) is 17.7 Å². The van der Waals surface area contributed by atoms with E-state index in [9.17, 15) is 4.79 Å². The molecule has 4 rings (SSSR count). The Kier molecular flexibility index (Phi) is 5.61. The minimum Gasteiger partial charge on any atom is -0.465 e. The van der Waals surface area contributed by atoms with Gasteiger partial charge in [-0.25, -0.2) is 4.98 Å². The first-order valence-electron chi connectivity index (χ1n) is 11.2. The molecule has 1 aromatic heterocycles. The van der Waals surface area contributed by atoms with Crippen LogP contribution in [0, 0.1) is 42.4 Å². The van der Waals surface area contributed by atoms with Gasteiger partial charge in [0.2, 0.25) is 0 Å². The zero-order valence-electron chi connectivity index (χ0n) is 17.3. The normalized spacial score (nSPS) is 35.1. The number of aryl methyl sites for hydroxylation is 3. The van der Waals surface area contributed by atoms with E-state index in [-0.39, 0.29) is 5.97 Å². The van der Waals surface area contributed by atoms with Crippen LogP contribution in [0.25, 0.3) is 0 Å². The number of carbonyl (C=O) groups excluding carboxylic acids is 1. The molecule has 1 aromatic rings. The summed E-state index contributed by atoms with van der Waals surface area (Å²) in [6.45, 7) is 7.87. The molecule has 0 saturated heterocycles. The average Bonchev–Trinajstić information content (AvgIpc) is 3.15. The summed E-state index contributed by atoms with van der Waals surface area (Å²) in [6, 6.07) is 0. The Morgan fingerprint density at radius 2 is 1.96 bits per heavy atom. The lowest BCUT2D eigenvalue weighted by Crippen LogP contribution is -2.28. The lowest BCUT2D eigenvalue weighted by molar-refractivity contribution is -0.146. The molecule has 0 radical (unpaired) electrons. The highest BCUT2D eigenvalue weighted by Crippen LogP contribution is 2.57. The van der Waals surface area contributed by atoms with Gasteiger partial charge in [-0.05, 0) is 81.0 Å². The van der Waals surface area contributed by atoms with Gasteiger partial charge in [0.15, 0.2) is 0 Å². The smallest absolute Gasteiger partial charge is 0.307 e. The van der Waals surface area contributed by atoms with Crippen LogP contribution in [0.5, 0.6) is 0 Å². The molecule has 0 aliphatic heterocycles. The van der Waals surface area contributed by atoms with E-state index in [2.05, 4.69) is 23.4 Å². The Hall–Kier alpha value is -1.32. The third-order valence-corrected chi connectivity index (χ3v) is 7.62. The van der Waals surface area contributed by atoms with E-state index in [4.69, 9.17) is 4.74 Å². The summed E-state index contributed by atoms with van der Waals surface area (Å²) < 4.78 is 7.79. The van der Waals surface area contributed by atoms with Crippen LogP contribution >= 0.6 is 0 Å². The fourth-order valence-electron chi connectivity index (χ4n) is 6.58. The van der Waals surface area contributed by atoms with E-state index in [1.165, 1.54) is 38.5 Å². The highest BCUT2D eigenvalue weighted by Gasteiger charge is 2.48. The molecular weight excluding hydrogens is 336 g/mol. The van der Waals surface area contributed by atoms with Gasteiger partial charge in [0.05, 0.1) is 18.7 Å². The second-order valence-corrected chi connectivity index (χ2v) is 9.62. The average molecular weight is 373 g/mol. The van der Waals surface area contributed by atoms with Crippen molar-refractivity contribution in [3.8, 4) is 0 Å². The molecule has 3 fully saturated rings. The molecule has 3 aliphatic carbocycles. The van der Waals surface area contributed by atoms with Gasteiger partial charge < -0.3 is 9.30 Å². The van der Waals surface area contributed by atoms with Gasteiger partial charge in [0.1, 0.15) is 5.82 Å². The van der Waals surface area contributed by atoms with Gasteiger partial charge in [0.25, 0.3) is 0 Å². The zero-order chi connectivity index (χ0) is 19.0. The number of imidazole rings is 1. The molecule has 27 heavy (non-hydrogen) atoms. The van der Waals surface area contributed by atoms with E-state index in [0.717, 1.165) is 47.5 Å². The van der Waals surface area contributed by atoms with Crippen molar-refractivity contribution in [2.45, 2.75) is 78.7 Å². The maximum atomic E-state index is 12.3. The second-order valence-electron chi connectivity index (χ2n) is 9.62. The monoisotopic (exact) mass is 372 g/mol. The third kappa shape index (κ3) is 4.09. The van der Waals surface area contributed by atoms with Gasteiger partial charge in [0, 0.05) is 19.2 Å². The van der Waals surface area contributed by atoms with E-state index in [1.807, 2.05) is 13.1 Å². The number of esters is 1. The molecule has 3 aliphatic rings. The second kappa shape index (κ2) is 7.97. The molecule has 0 N–H and O–H groups in total. The van der Waals surface area contributed by atoms with Gasteiger partial charge >= 0.3 is 5.97 Å². The third-order valence-electron chi connectivity index (χ3n) is 7.62. The van der Waals surface area contributed by atoms with E-state index in [1.54, 1.807) is 0 Å². The molecule has 2 bridgehead atoms. The Balaban J connectivity index is 1.23. The van der Waals surface area contributed by atoms with Gasteiger partial charge in [-0.15, -0.1) is 0 Å². The van der Waals surface area contributed by atoms with Crippen LogP contribution in [0.4, 0.5) is 0 Å². The highest BCUT2D eigenvalue weighted by atomic mass is 16.5. The van der Waals surface area contributed by atoms with E-state index in [0.29, 0.717) is 25.5 Å². The van der Waals surface area contributed by atoms with Crippen LogP contribution in [-0.2, 0) is 22.5 Å². The Morgan fingerprint density at radius 1 is 1.19 bits per heavy atom. The standard InChI is InChI=1S/C23H36N2O2/c1-4-22-24-16(3)13-25(22)8-7-23(26)27-14-17-5-6-20-18-9-15(2)10-19(12-18)21(20)11-17/h13,15,17-21H,4-12,14H2,1-3H3. The largest absolute Gasteiger partial charge is 0.465 e. The quantitative estimate of drug-likeness (QED) is 0.675. The van der Waals surface area contributed by atoms with Gasteiger partial charge in [-0.3, -0.25) is 4.79 Å². The summed E-state index contributed by atoms with van der Waals surface area (Å²) >= 11 is 0. The van der Waals surface area contributed by atoms with Crippen molar-refractivity contribution >= 4 is 5.97 Å². The SMILES string of the molecule is CCc1nc(C)cn1CCC(=O)OCC1CCC2C3CC(C)CC(C3)C2C1. The molecule has 150 valence electrons. The summed E-state index contributed by atoms with van der Waals surface area (Å²) in [4.78, 5) is 16.8. The first-order chi connectivity index (χ1) is 13.0. The first-order valence-corrected chi connectivity index (χ1v) is 11.2. The van der Waals surface area contributed by atoms with Crippen LogP contribution in [0.3, 0.4) is 0 Å². The lowest BCUT2D eigenvalue weighted by Gasteiger charge is -2.34. The minimum atomic E-state index is -0.0516. The number of fused-ring (bicyclic) bond motifs is 5. The summed E-state index contributed by atoms with van der Waals surface area (Å²) in [5, 5.41) is 0. The lowest BCUT2D eigenvalue weighted by atomic mass is 9.72. The number of nitrogens with zero attached hydrogens (tertiary/aromatic N) is 2. The fourth-order valence-corrected chi connectivity index (χ4v) is 6.58. The molecule has 0 amide bonds. The number of rotatable bonds is 6. The number of hydrogen-bond acceptors (Lipinski definition) is 3. The topological polar surface area (TPSA) is 44.1 Å².